The highest BCUT2D eigenvalue weighted by atomic mass is 35.5. The van der Waals surface area contributed by atoms with Crippen molar-refractivity contribution in [2.45, 2.75) is 32.0 Å². The molecule has 3 N–H and O–H groups in total. The second kappa shape index (κ2) is 7.85. The van der Waals surface area contributed by atoms with Gasteiger partial charge in [-0.25, -0.2) is 4.79 Å². The van der Waals surface area contributed by atoms with E-state index in [-0.39, 0.29) is 12.1 Å². The Labute approximate surface area is 168 Å². The number of urea groups is 1. The summed E-state index contributed by atoms with van der Waals surface area (Å²) in [7, 11) is 0. The van der Waals surface area contributed by atoms with Crippen molar-refractivity contribution in [3.05, 3.63) is 46.7 Å². The van der Waals surface area contributed by atoms with Crippen LogP contribution in [0.4, 0.5) is 4.79 Å². The minimum atomic E-state index is -0.541. The van der Waals surface area contributed by atoms with Gasteiger partial charge in [-0.2, -0.15) is 0 Å². The maximum absolute atomic E-state index is 12.7. The molecule has 0 radical (unpaired) electrons. The van der Waals surface area contributed by atoms with Crippen molar-refractivity contribution < 1.29 is 14.3 Å². The van der Waals surface area contributed by atoms with Gasteiger partial charge in [0.05, 0.1) is 17.8 Å². The number of aromatic nitrogens is 1. The van der Waals surface area contributed by atoms with Crippen LogP contribution in [0.2, 0.25) is 5.15 Å². The molecule has 28 heavy (non-hydrogen) atoms. The number of rotatable bonds is 3. The van der Waals surface area contributed by atoms with Gasteiger partial charge < -0.3 is 25.3 Å². The molecule has 2 aliphatic heterocycles. The van der Waals surface area contributed by atoms with E-state index in [9.17, 15) is 9.59 Å². The number of ether oxygens (including phenoxy) is 1. The number of fused-ring (bicyclic) bond motifs is 1. The van der Waals surface area contributed by atoms with Crippen LogP contribution in [0.15, 0.2) is 30.3 Å². The van der Waals surface area contributed by atoms with Gasteiger partial charge in [0.15, 0.2) is 0 Å². The van der Waals surface area contributed by atoms with Crippen LogP contribution in [0.1, 0.15) is 28.9 Å². The van der Waals surface area contributed by atoms with Crippen LogP contribution in [0, 0.1) is 0 Å². The first-order chi connectivity index (χ1) is 13.6. The zero-order valence-corrected chi connectivity index (χ0v) is 16.2. The number of benzene rings is 1. The Morgan fingerprint density at radius 3 is 2.54 bits per heavy atom. The number of nitrogens with one attached hydrogen (secondary N) is 1. The van der Waals surface area contributed by atoms with E-state index in [0.29, 0.717) is 54.8 Å². The highest BCUT2D eigenvalue weighted by Crippen LogP contribution is 2.38. The van der Waals surface area contributed by atoms with E-state index in [2.05, 4.69) is 5.32 Å². The fourth-order valence-electron chi connectivity index (χ4n) is 3.93. The normalized spacial score (nSPS) is 17.2. The summed E-state index contributed by atoms with van der Waals surface area (Å²) in [5.41, 5.74) is 8.26. The number of amides is 3. The molecule has 0 unspecified atom stereocenters. The number of hydrogen-bond donors (Lipinski definition) is 2. The molecule has 8 heteroatoms. The lowest BCUT2D eigenvalue weighted by molar-refractivity contribution is 0.0774. The predicted molar refractivity (Wildman–Crippen MR) is 106 cm³/mol. The molecule has 1 saturated heterocycles. The first-order valence-corrected chi connectivity index (χ1v) is 9.83. The lowest BCUT2D eigenvalue weighted by Gasteiger charge is -2.32. The number of hydrogen-bond acceptors (Lipinski definition) is 3. The molecule has 4 rings (SSSR count). The quantitative estimate of drug-likeness (QED) is 0.826. The number of primary amides is 1. The van der Waals surface area contributed by atoms with E-state index in [1.54, 1.807) is 4.90 Å². The van der Waals surface area contributed by atoms with Crippen LogP contribution in [0.3, 0.4) is 0 Å². The molecule has 2 aromatic rings. The van der Waals surface area contributed by atoms with Crippen LogP contribution in [-0.4, -0.2) is 47.2 Å². The van der Waals surface area contributed by atoms with Crippen LogP contribution >= 0.6 is 11.6 Å². The van der Waals surface area contributed by atoms with Gasteiger partial charge in [-0.05, 0) is 18.4 Å². The van der Waals surface area contributed by atoms with Gasteiger partial charge >= 0.3 is 6.03 Å². The molecule has 0 atom stereocenters. The third kappa shape index (κ3) is 3.47. The van der Waals surface area contributed by atoms with Gasteiger partial charge in [0.25, 0.3) is 5.91 Å². The minimum absolute atomic E-state index is 0.119. The molecule has 1 aromatic carbocycles. The van der Waals surface area contributed by atoms with Crippen LogP contribution in [0.5, 0.6) is 0 Å². The second-order valence-electron chi connectivity index (χ2n) is 7.13. The van der Waals surface area contributed by atoms with Crippen molar-refractivity contribution in [2.24, 2.45) is 5.73 Å². The first kappa shape index (κ1) is 18.8. The zero-order chi connectivity index (χ0) is 19.7. The van der Waals surface area contributed by atoms with Crippen molar-refractivity contribution in [1.82, 2.24) is 14.8 Å². The van der Waals surface area contributed by atoms with Gasteiger partial charge in [-0.15, -0.1) is 0 Å². The summed E-state index contributed by atoms with van der Waals surface area (Å²) >= 11 is 6.63. The van der Waals surface area contributed by atoms with Crippen molar-refractivity contribution in [1.29, 1.82) is 0 Å². The molecule has 1 fully saturated rings. The second-order valence-corrected chi connectivity index (χ2v) is 7.49. The maximum atomic E-state index is 12.7. The van der Waals surface area contributed by atoms with Gasteiger partial charge in [-0.1, -0.05) is 41.9 Å². The average Bonchev–Trinajstić information content (AvgIpc) is 3.01. The summed E-state index contributed by atoms with van der Waals surface area (Å²) in [6.07, 6.45) is 1.62. The fraction of sp³-hybridized carbons (Fsp3) is 0.400. The smallest absolute Gasteiger partial charge is 0.318 e. The number of nitrogens with two attached hydrogens (primary N) is 1. The summed E-state index contributed by atoms with van der Waals surface area (Å²) in [6, 6.07) is 9.47. The van der Waals surface area contributed by atoms with Crippen molar-refractivity contribution in [3.8, 4) is 11.1 Å². The van der Waals surface area contributed by atoms with E-state index in [0.717, 1.165) is 18.4 Å². The van der Waals surface area contributed by atoms with Crippen LogP contribution in [-0.2, 0) is 17.8 Å². The van der Waals surface area contributed by atoms with Gasteiger partial charge in [0.2, 0.25) is 0 Å². The summed E-state index contributed by atoms with van der Waals surface area (Å²) < 4.78 is 7.23. The van der Waals surface area contributed by atoms with Crippen molar-refractivity contribution >= 4 is 23.5 Å². The third-order valence-electron chi connectivity index (χ3n) is 5.39. The molecule has 1 aromatic heterocycles. The van der Waals surface area contributed by atoms with E-state index >= 15 is 0 Å². The molecule has 7 nitrogen and oxygen atoms in total. The van der Waals surface area contributed by atoms with E-state index in [1.165, 1.54) is 0 Å². The maximum Gasteiger partial charge on any atom is 0.318 e. The molecular formula is C20H23ClN4O3. The Morgan fingerprint density at radius 1 is 1.14 bits per heavy atom. The van der Waals surface area contributed by atoms with Crippen molar-refractivity contribution in [3.63, 3.8) is 0 Å². The van der Waals surface area contributed by atoms with Gasteiger partial charge in [0.1, 0.15) is 5.15 Å². The Bertz CT molecular complexity index is 891. The highest BCUT2D eigenvalue weighted by Gasteiger charge is 2.32. The molecule has 0 bridgehead atoms. The Kier molecular flexibility index (Phi) is 5.28. The van der Waals surface area contributed by atoms with E-state index in [4.69, 9.17) is 22.1 Å². The SMILES string of the molecule is NC(=O)c1c(-c2ccccc2)c(Cl)n2c1CN(C(=O)NC1CCOCC1)CC2. The summed E-state index contributed by atoms with van der Waals surface area (Å²) in [4.78, 5) is 26.7. The van der Waals surface area contributed by atoms with Gasteiger partial charge in [-0.3, -0.25) is 4.79 Å². The summed E-state index contributed by atoms with van der Waals surface area (Å²) in [5, 5.41) is 3.56. The highest BCUT2D eigenvalue weighted by molar-refractivity contribution is 6.33. The van der Waals surface area contributed by atoms with E-state index < -0.39 is 5.91 Å². The number of halogens is 1. The zero-order valence-electron chi connectivity index (χ0n) is 15.5. The lowest BCUT2D eigenvalue weighted by Crippen LogP contribution is -2.49. The third-order valence-corrected chi connectivity index (χ3v) is 5.78. The number of carbonyl (C=O) groups is 2. The fourth-order valence-corrected chi connectivity index (χ4v) is 4.32. The monoisotopic (exact) mass is 402 g/mol. The average molecular weight is 403 g/mol. The molecule has 0 spiro atoms. The molecule has 3 amide bonds. The Balaban J connectivity index is 1.63. The van der Waals surface area contributed by atoms with Crippen LogP contribution in [0.25, 0.3) is 11.1 Å². The van der Waals surface area contributed by atoms with Crippen molar-refractivity contribution in [2.75, 3.05) is 19.8 Å². The minimum Gasteiger partial charge on any atom is -0.381 e. The largest absolute Gasteiger partial charge is 0.381 e. The molecule has 2 aliphatic rings. The first-order valence-electron chi connectivity index (χ1n) is 9.45. The summed E-state index contributed by atoms with van der Waals surface area (Å²) in [6.45, 7) is 2.65. The predicted octanol–water partition coefficient (Wildman–Crippen LogP) is 2.61. The number of carbonyl (C=O) groups excluding carboxylic acids is 2. The summed E-state index contributed by atoms with van der Waals surface area (Å²) in [5.74, 6) is -0.541. The topological polar surface area (TPSA) is 89.6 Å². The van der Waals surface area contributed by atoms with Crippen LogP contribution < -0.4 is 11.1 Å². The Morgan fingerprint density at radius 2 is 1.86 bits per heavy atom. The molecule has 0 aliphatic carbocycles. The molecule has 3 heterocycles. The molecular weight excluding hydrogens is 380 g/mol. The standard InChI is InChI=1S/C20H23ClN4O3/c21-18-16(13-4-2-1-3-5-13)17(19(22)26)15-12-24(8-9-25(15)18)20(27)23-14-6-10-28-11-7-14/h1-5,14H,6-12H2,(H2,22,26)(H,23,27). The Hall–Kier alpha value is -2.51. The van der Waals surface area contributed by atoms with Gasteiger partial charge in [0, 0.05) is 37.9 Å². The van der Waals surface area contributed by atoms with E-state index in [1.807, 2.05) is 34.9 Å². The molecule has 0 saturated carbocycles. The lowest BCUT2D eigenvalue weighted by atomic mass is 10.0. The molecule has 148 valence electrons. The number of nitrogens with zero attached hydrogens (tertiary/aromatic N) is 2.